The molecule has 162 valence electrons. The molecule has 31 heavy (non-hydrogen) atoms. The largest absolute Gasteiger partial charge is 0.497 e. The van der Waals surface area contributed by atoms with Gasteiger partial charge in [-0.1, -0.05) is 23.8 Å². The van der Waals surface area contributed by atoms with E-state index in [1.807, 2.05) is 43.5 Å². The number of rotatable bonds is 8. The molecular weight excluding hydrogens is 432 g/mol. The SMILES string of the molecule is COc1ccc(S(=O)(=O)N(CC(=O)Nc2cccc(SC)c2)c2ccc(C)cc2)cc1. The number of hydrogen-bond acceptors (Lipinski definition) is 5. The maximum Gasteiger partial charge on any atom is 0.264 e. The first-order chi connectivity index (χ1) is 14.8. The predicted molar refractivity (Wildman–Crippen MR) is 126 cm³/mol. The molecule has 3 aromatic rings. The third-order valence-electron chi connectivity index (χ3n) is 4.61. The van der Waals surface area contributed by atoms with E-state index >= 15 is 0 Å². The summed E-state index contributed by atoms with van der Waals surface area (Å²) >= 11 is 1.56. The zero-order valence-corrected chi connectivity index (χ0v) is 19.2. The van der Waals surface area contributed by atoms with Crippen molar-refractivity contribution in [3.05, 3.63) is 78.4 Å². The molecule has 0 saturated carbocycles. The minimum Gasteiger partial charge on any atom is -0.497 e. The van der Waals surface area contributed by atoms with Gasteiger partial charge < -0.3 is 10.1 Å². The highest BCUT2D eigenvalue weighted by molar-refractivity contribution is 7.98. The molecule has 0 bridgehead atoms. The zero-order valence-electron chi connectivity index (χ0n) is 17.5. The molecule has 0 spiro atoms. The van der Waals surface area contributed by atoms with Crippen LogP contribution in [0.4, 0.5) is 11.4 Å². The summed E-state index contributed by atoms with van der Waals surface area (Å²) in [5.41, 5.74) is 2.01. The smallest absolute Gasteiger partial charge is 0.264 e. The van der Waals surface area contributed by atoms with Crippen LogP contribution in [0.15, 0.2) is 82.6 Å². The number of carbonyl (C=O) groups is 1. The van der Waals surface area contributed by atoms with E-state index in [2.05, 4.69) is 5.32 Å². The van der Waals surface area contributed by atoms with Crippen LogP contribution >= 0.6 is 11.8 Å². The number of aryl methyl sites for hydroxylation is 1. The molecular formula is C23H24N2O4S2. The van der Waals surface area contributed by atoms with E-state index in [1.165, 1.54) is 19.2 Å². The van der Waals surface area contributed by atoms with Crippen LogP contribution in [0.25, 0.3) is 0 Å². The molecule has 8 heteroatoms. The van der Waals surface area contributed by atoms with Gasteiger partial charge >= 0.3 is 0 Å². The van der Waals surface area contributed by atoms with E-state index in [-0.39, 0.29) is 11.4 Å². The minimum atomic E-state index is -3.98. The van der Waals surface area contributed by atoms with E-state index < -0.39 is 15.9 Å². The summed E-state index contributed by atoms with van der Waals surface area (Å²) in [5, 5.41) is 2.79. The summed E-state index contributed by atoms with van der Waals surface area (Å²) in [5.74, 6) is 0.114. The highest BCUT2D eigenvalue weighted by Crippen LogP contribution is 2.26. The van der Waals surface area contributed by atoms with Gasteiger partial charge in [0.25, 0.3) is 10.0 Å². The van der Waals surface area contributed by atoms with Crippen molar-refractivity contribution in [2.24, 2.45) is 0 Å². The van der Waals surface area contributed by atoms with Crippen LogP contribution in [0.1, 0.15) is 5.56 Å². The van der Waals surface area contributed by atoms with Gasteiger partial charge in [0.2, 0.25) is 5.91 Å². The third-order valence-corrected chi connectivity index (χ3v) is 7.12. The lowest BCUT2D eigenvalue weighted by Crippen LogP contribution is -2.38. The van der Waals surface area contributed by atoms with Crippen LogP contribution in [0.2, 0.25) is 0 Å². The molecule has 0 fully saturated rings. The Bertz CT molecular complexity index is 1140. The molecule has 0 saturated heterocycles. The lowest BCUT2D eigenvalue weighted by molar-refractivity contribution is -0.114. The van der Waals surface area contributed by atoms with E-state index in [0.29, 0.717) is 17.1 Å². The van der Waals surface area contributed by atoms with Crippen LogP contribution in [0.3, 0.4) is 0 Å². The second kappa shape index (κ2) is 9.89. The molecule has 0 aliphatic rings. The van der Waals surface area contributed by atoms with Crippen molar-refractivity contribution in [2.75, 3.05) is 29.5 Å². The number of nitrogens with one attached hydrogen (secondary N) is 1. The normalized spacial score (nSPS) is 11.1. The molecule has 6 nitrogen and oxygen atoms in total. The first-order valence-electron chi connectivity index (χ1n) is 9.51. The Morgan fingerprint density at radius 2 is 1.71 bits per heavy atom. The first kappa shape index (κ1) is 22.7. The molecule has 1 amide bonds. The Kier molecular flexibility index (Phi) is 7.25. The van der Waals surface area contributed by atoms with Gasteiger partial charge in [-0.25, -0.2) is 8.42 Å². The maximum absolute atomic E-state index is 13.4. The fourth-order valence-corrected chi connectivity index (χ4v) is 4.81. The van der Waals surface area contributed by atoms with Gasteiger partial charge in [-0.05, 0) is 67.8 Å². The highest BCUT2D eigenvalue weighted by atomic mass is 32.2. The summed E-state index contributed by atoms with van der Waals surface area (Å²) in [6, 6.07) is 20.5. The molecule has 0 aliphatic carbocycles. The Hall–Kier alpha value is -2.97. The standard InChI is InChI=1S/C23H24N2O4S2/c1-17-7-9-19(10-8-17)25(31(27,28)22-13-11-20(29-2)12-14-22)16-23(26)24-18-5-4-6-21(15-18)30-3/h4-15H,16H2,1-3H3,(H,24,26). The number of anilines is 2. The summed E-state index contributed by atoms with van der Waals surface area (Å²) in [4.78, 5) is 13.9. The minimum absolute atomic E-state index is 0.0751. The van der Waals surface area contributed by atoms with Gasteiger partial charge in [0.1, 0.15) is 12.3 Å². The fraction of sp³-hybridized carbons (Fsp3) is 0.174. The zero-order chi connectivity index (χ0) is 22.4. The number of sulfonamides is 1. The van der Waals surface area contributed by atoms with Crippen molar-refractivity contribution in [1.82, 2.24) is 0 Å². The second-order valence-corrected chi connectivity index (χ2v) is 9.54. The quantitative estimate of drug-likeness (QED) is 0.503. The van der Waals surface area contributed by atoms with Crippen LogP contribution in [0.5, 0.6) is 5.75 Å². The average molecular weight is 457 g/mol. The Morgan fingerprint density at radius 3 is 2.32 bits per heavy atom. The van der Waals surface area contributed by atoms with E-state index in [4.69, 9.17) is 4.74 Å². The van der Waals surface area contributed by atoms with Crippen LogP contribution < -0.4 is 14.4 Å². The summed E-state index contributed by atoms with van der Waals surface area (Å²) in [6.45, 7) is 1.55. The van der Waals surface area contributed by atoms with Crippen LogP contribution in [-0.2, 0) is 14.8 Å². The number of methoxy groups -OCH3 is 1. The second-order valence-electron chi connectivity index (χ2n) is 6.80. The van der Waals surface area contributed by atoms with Crippen LogP contribution in [0, 0.1) is 6.92 Å². The lowest BCUT2D eigenvalue weighted by Gasteiger charge is -2.24. The van der Waals surface area contributed by atoms with E-state index in [9.17, 15) is 13.2 Å². The Balaban J connectivity index is 1.92. The topological polar surface area (TPSA) is 75.7 Å². The van der Waals surface area contributed by atoms with E-state index in [1.54, 1.807) is 42.1 Å². The van der Waals surface area contributed by atoms with Gasteiger partial charge in [-0.15, -0.1) is 11.8 Å². The maximum atomic E-state index is 13.4. The molecule has 0 aromatic heterocycles. The molecule has 3 rings (SSSR count). The highest BCUT2D eigenvalue weighted by Gasteiger charge is 2.27. The molecule has 0 aliphatic heterocycles. The van der Waals surface area contributed by atoms with Gasteiger partial charge in [0, 0.05) is 10.6 Å². The van der Waals surface area contributed by atoms with Crippen molar-refractivity contribution >= 4 is 39.1 Å². The van der Waals surface area contributed by atoms with Gasteiger partial charge in [0.05, 0.1) is 17.7 Å². The van der Waals surface area contributed by atoms with Crippen molar-refractivity contribution in [2.45, 2.75) is 16.7 Å². The summed E-state index contributed by atoms with van der Waals surface area (Å²) in [7, 11) is -2.47. The molecule has 1 N–H and O–H groups in total. The lowest BCUT2D eigenvalue weighted by atomic mass is 10.2. The fourth-order valence-electron chi connectivity index (χ4n) is 2.93. The van der Waals surface area contributed by atoms with Crippen molar-refractivity contribution in [3.8, 4) is 5.75 Å². The Labute approximate surface area is 187 Å². The number of carbonyl (C=O) groups excluding carboxylic acids is 1. The van der Waals surface area contributed by atoms with Crippen molar-refractivity contribution in [1.29, 1.82) is 0 Å². The molecule has 3 aromatic carbocycles. The van der Waals surface area contributed by atoms with Gasteiger partial charge in [-0.2, -0.15) is 0 Å². The molecule has 0 radical (unpaired) electrons. The molecule has 0 heterocycles. The number of ether oxygens (including phenoxy) is 1. The predicted octanol–water partition coefficient (Wildman–Crippen LogP) is 4.56. The molecule has 0 atom stereocenters. The number of benzene rings is 3. The Morgan fingerprint density at radius 1 is 1.03 bits per heavy atom. The van der Waals surface area contributed by atoms with E-state index in [0.717, 1.165) is 14.8 Å². The average Bonchev–Trinajstić information content (AvgIpc) is 2.78. The number of nitrogens with zero attached hydrogens (tertiary/aromatic N) is 1. The number of thioether (sulfide) groups is 1. The van der Waals surface area contributed by atoms with Crippen molar-refractivity contribution < 1.29 is 17.9 Å². The van der Waals surface area contributed by atoms with Gasteiger partial charge in [-0.3, -0.25) is 9.10 Å². The van der Waals surface area contributed by atoms with Gasteiger partial charge in [0.15, 0.2) is 0 Å². The number of amides is 1. The van der Waals surface area contributed by atoms with Crippen LogP contribution in [-0.4, -0.2) is 34.2 Å². The summed E-state index contributed by atoms with van der Waals surface area (Å²) in [6.07, 6.45) is 1.95. The number of hydrogen-bond donors (Lipinski definition) is 1. The summed E-state index contributed by atoms with van der Waals surface area (Å²) < 4.78 is 33.0. The monoisotopic (exact) mass is 456 g/mol. The molecule has 0 unspecified atom stereocenters. The first-order valence-corrected chi connectivity index (χ1v) is 12.2. The third kappa shape index (κ3) is 5.59. The van der Waals surface area contributed by atoms with Crippen molar-refractivity contribution in [3.63, 3.8) is 0 Å².